The molecular weight excluding hydrogens is 196 g/mol. The fourth-order valence-electron chi connectivity index (χ4n) is 1.18. The third kappa shape index (κ3) is 3.55. The van der Waals surface area contributed by atoms with Gasteiger partial charge in [-0.25, -0.2) is 4.98 Å². The van der Waals surface area contributed by atoms with E-state index >= 15 is 0 Å². The molecular formula is C10H14N2O3. The summed E-state index contributed by atoms with van der Waals surface area (Å²) in [6.07, 6.45) is 0.412. The van der Waals surface area contributed by atoms with E-state index in [1.807, 2.05) is 0 Å². The lowest BCUT2D eigenvalue weighted by Crippen LogP contribution is -2.14. The first-order valence-corrected chi connectivity index (χ1v) is 4.62. The number of ether oxygens (including phenoxy) is 1. The number of carboxylic acid groups (broad SMARTS) is 1. The molecule has 1 aromatic heterocycles. The van der Waals surface area contributed by atoms with E-state index in [0.717, 1.165) is 0 Å². The van der Waals surface area contributed by atoms with E-state index in [1.165, 1.54) is 7.11 Å². The van der Waals surface area contributed by atoms with Crippen LogP contribution in [0.25, 0.3) is 0 Å². The van der Waals surface area contributed by atoms with Crippen molar-refractivity contribution in [2.75, 3.05) is 7.11 Å². The summed E-state index contributed by atoms with van der Waals surface area (Å²) in [5.41, 5.74) is 6.43. The van der Waals surface area contributed by atoms with Gasteiger partial charge in [0.25, 0.3) is 0 Å². The van der Waals surface area contributed by atoms with Crippen LogP contribution < -0.4 is 10.5 Å². The molecule has 0 spiro atoms. The molecule has 0 aliphatic carbocycles. The predicted octanol–water partition coefficient (Wildman–Crippen LogP) is 0.955. The molecule has 0 radical (unpaired) electrons. The number of methoxy groups -OCH3 is 1. The van der Waals surface area contributed by atoms with Crippen LogP contribution in [-0.2, 0) is 4.79 Å². The maximum Gasteiger partial charge on any atom is 0.303 e. The zero-order valence-electron chi connectivity index (χ0n) is 8.51. The van der Waals surface area contributed by atoms with Crippen LogP contribution in [0, 0.1) is 0 Å². The van der Waals surface area contributed by atoms with Crippen molar-refractivity contribution in [2.24, 2.45) is 5.73 Å². The average Bonchev–Trinajstić information content (AvgIpc) is 2.26. The lowest BCUT2D eigenvalue weighted by Gasteiger charge is -2.10. The summed E-state index contributed by atoms with van der Waals surface area (Å²) in [6.45, 7) is 0. The SMILES string of the molecule is COc1cccc(C(N)CCC(=O)O)n1. The monoisotopic (exact) mass is 210 g/mol. The van der Waals surface area contributed by atoms with Gasteiger partial charge in [0.1, 0.15) is 0 Å². The lowest BCUT2D eigenvalue weighted by molar-refractivity contribution is -0.137. The molecule has 0 saturated heterocycles. The molecule has 1 atom stereocenters. The van der Waals surface area contributed by atoms with Gasteiger partial charge in [-0.15, -0.1) is 0 Å². The summed E-state index contributed by atoms with van der Waals surface area (Å²) >= 11 is 0. The number of hydrogen-bond acceptors (Lipinski definition) is 4. The molecule has 82 valence electrons. The predicted molar refractivity (Wildman–Crippen MR) is 54.6 cm³/mol. The normalized spacial score (nSPS) is 12.1. The Morgan fingerprint density at radius 3 is 3.00 bits per heavy atom. The van der Waals surface area contributed by atoms with Crippen LogP contribution in [0.2, 0.25) is 0 Å². The third-order valence-electron chi connectivity index (χ3n) is 2.00. The summed E-state index contributed by atoms with van der Waals surface area (Å²) in [6, 6.07) is 4.89. The van der Waals surface area contributed by atoms with E-state index < -0.39 is 5.97 Å². The van der Waals surface area contributed by atoms with Crippen LogP contribution in [0.3, 0.4) is 0 Å². The Kier molecular flexibility index (Phi) is 4.05. The minimum Gasteiger partial charge on any atom is -0.481 e. The van der Waals surface area contributed by atoms with Crippen LogP contribution in [0.15, 0.2) is 18.2 Å². The van der Waals surface area contributed by atoms with E-state index in [-0.39, 0.29) is 12.5 Å². The molecule has 0 amide bonds. The molecule has 0 aliphatic rings. The van der Waals surface area contributed by atoms with E-state index in [4.69, 9.17) is 15.6 Å². The zero-order valence-corrected chi connectivity index (χ0v) is 8.51. The largest absolute Gasteiger partial charge is 0.481 e. The van der Waals surface area contributed by atoms with Crippen LogP contribution in [0.4, 0.5) is 0 Å². The van der Waals surface area contributed by atoms with Gasteiger partial charge in [-0.3, -0.25) is 4.79 Å². The van der Waals surface area contributed by atoms with Gasteiger partial charge in [0.05, 0.1) is 12.8 Å². The van der Waals surface area contributed by atoms with Crippen LogP contribution in [-0.4, -0.2) is 23.2 Å². The Bertz CT molecular complexity index is 341. The van der Waals surface area contributed by atoms with Crippen LogP contribution in [0.1, 0.15) is 24.6 Å². The van der Waals surface area contributed by atoms with Crippen molar-refractivity contribution < 1.29 is 14.6 Å². The van der Waals surface area contributed by atoms with E-state index in [0.29, 0.717) is 18.0 Å². The van der Waals surface area contributed by atoms with Gasteiger partial charge < -0.3 is 15.6 Å². The highest BCUT2D eigenvalue weighted by Gasteiger charge is 2.10. The van der Waals surface area contributed by atoms with Crippen LogP contribution >= 0.6 is 0 Å². The molecule has 1 unspecified atom stereocenters. The van der Waals surface area contributed by atoms with Gasteiger partial charge >= 0.3 is 5.97 Å². The first-order chi connectivity index (χ1) is 7.13. The van der Waals surface area contributed by atoms with E-state index in [1.54, 1.807) is 18.2 Å². The second kappa shape index (κ2) is 5.31. The Hall–Kier alpha value is -1.62. The van der Waals surface area contributed by atoms with E-state index in [9.17, 15) is 4.79 Å². The van der Waals surface area contributed by atoms with Crippen LogP contribution in [0.5, 0.6) is 5.88 Å². The molecule has 5 nitrogen and oxygen atoms in total. The van der Waals surface area contributed by atoms with Gasteiger partial charge in [-0.1, -0.05) is 6.07 Å². The minimum atomic E-state index is -0.853. The Labute approximate surface area is 87.9 Å². The Balaban J connectivity index is 2.64. The quantitative estimate of drug-likeness (QED) is 0.755. The summed E-state index contributed by atoms with van der Waals surface area (Å²) in [7, 11) is 1.52. The second-order valence-electron chi connectivity index (χ2n) is 3.14. The van der Waals surface area contributed by atoms with Gasteiger partial charge in [0, 0.05) is 18.5 Å². The zero-order chi connectivity index (χ0) is 11.3. The first-order valence-electron chi connectivity index (χ1n) is 4.62. The van der Waals surface area contributed by atoms with Crippen molar-refractivity contribution in [1.82, 2.24) is 4.98 Å². The number of aliphatic carboxylic acids is 1. The summed E-state index contributed by atoms with van der Waals surface area (Å²) < 4.78 is 4.95. The van der Waals surface area contributed by atoms with Gasteiger partial charge in [-0.05, 0) is 12.5 Å². The average molecular weight is 210 g/mol. The molecule has 0 bridgehead atoms. The topological polar surface area (TPSA) is 85.4 Å². The Morgan fingerprint density at radius 2 is 2.40 bits per heavy atom. The maximum absolute atomic E-state index is 10.4. The fraction of sp³-hybridized carbons (Fsp3) is 0.400. The smallest absolute Gasteiger partial charge is 0.303 e. The molecule has 0 saturated carbocycles. The molecule has 3 N–H and O–H groups in total. The number of carboxylic acids is 1. The fourth-order valence-corrected chi connectivity index (χ4v) is 1.18. The number of rotatable bonds is 5. The highest BCUT2D eigenvalue weighted by atomic mass is 16.5. The van der Waals surface area contributed by atoms with Crippen molar-refractivity contribution in [1.29, 1.82) is 0 Å². The molecule has 1 aromatic rings. The molecule has 0 aromatic carbocycles. The molecule has 15 heavy (non-hydrogen) atoms. The van der Waals surface area contributed by atoms with Gasteiger partial charge in [0.2, 0.25) is 5.88 Å². The molecule has 1 heterocycles. The van der Waals surface area contributed by atoms with Crippen molar-refractivity contribution in [3.8, 4) is 5.88 Å². The van der Waals surface area contributed by atoms with Gasteiger partial charge in [0.15, 0.2) is 0 Å². The molecule has 1 rings (SSSR count). The molecule has 0 fully saturated rings. The van der Waals surface area contributed by atoms with Crippen molar-refractivity contribution in [3.05, 3.63) is 23.9 Å². The Morgan fingerprint density at radius 1 is 1.67 bits per heavy atom. The standard InChI is InChI=1S/C10H14N2O3/c1-15-9-4-2-3-8(12-9)7(11)5-6-10(13)14/h2-4,7H,5-6,11H2,1H3,(H,13,14). The molecule has 5 heteroatoms. The summed E-state index contributed by atoms with van der Waals surface area (Å²) in [5, 5.41) is 8.51. The maximum atomic E-state index is 10.4. The van der Waals surface area contributed by atoms with Crippen molar-refractivity contribution in [2.45, 2.75) is 18.9 Å². The van der Waals surface area contributed by atoms with Crippen molar-refractivity contribution >= 4 is 5.97 Å². The van der Waals surface area contributed by atoms with Gasteiger partial charge in [-0.2, -0.15) is 0 Å². The third-order valence-corrected chi connectivity index (χ3v) is 2.00. The lowest BCUT2D eigenvalue weighted by atomic mass is 10.1. The number of hydrogen-bond donors (Lipinski definition) is 2. The first kappa shape index (κ1) is 11.5. The highest BCUT2D eigenvalue weighted by Crippen LogP contribution is 2.16. The number of carbonyl (C=O) groups is 1. The number of pyridine rings is 1. The number of nitrogens with two attached hydrogens (primary N) is 1. The number of nitrogens with zero attached hydrogens (tertiary/aromatic N) is 1. The summed E-state index contributed by atoms with van der Waals surface area (Å²) in [5.74, 6) is -0.369. The summed E-state index contributed by atoms with van der Waals surface area (Å²) in [4.78, 5) is 14.5. The second-order valence-corrected chi connectivity index (χ2v) is 3.14. The van der Waals surface area contributed by atoms with Crippen molar-refractivity contribution in [3.63, 3.8) is 0 Å². The number of aromatic nitrogens is 1. The highest BCUT2D eigenvalue weighted by molar-refractivity contribution is 5.66. The van der Waals surface area contributed by atoms with E-state index in [2.05, 4.69) is 4.98 Å². The minimum absolute atomic E-state index is 0.0417. The molecule has 0 aliphatic heterocycles.